The summed E-state index contributed by atoms with van der Waals surface area (Å²) in [7, 11) is 0. The lowest BCUT2D eigenvalue weighted by molar-refractivity contribution is -0.144. The molecule has 0 amide bonds. The summed E-state index contributed by atoms with van der Waals surface area (Å²) < 4.78 is 0. The lowest BCUT2D eigenvalue weighted by Gasteiger charge is -2.23. The Labute approximate surface area is 128 Å². The maximum atomic E-state index is 11.4. The third kappa shape index (κ3) is 3.11. The van der Waals surface area contributed by atoms with Crippen molar-refractivity contribution >= 4 is 29.2 Å². The first-order valence-corrected chi connectivity index (χ1v) is 7.55. The van der Waals surface area contributed by atoms with Crippen LogP contribution in [0.5, 0.6) is 0 Å². The number of carboxylic acids is 1. The predicted octanol–water partition coefficient (Wildman–Crippen LogP) is 4.16. The van der Waals surface area contributed by atoms with Crippen molar-refractivity contribution in [2.45, 2.75) is 32.3 Å². The van der Waals surface area contributed by atoms with Crippen LogP contribution in [0.25, 0.3) is 0 Å². The van der Waals surface area contributed by atoms with Crippen molar-refractivity contribution in [2.24, 2.45) is 17.8 Å². The topological polar surface area (TPSA) is 57.5 Å². The molecule has 3 nitrogen and oxygen atoms in total. The highest BCUT2D eigenvalue weighted by molar-refractivity contribution is 6.42. The number of aliphatic carboxylic acids is 1. The summed E-state index contributed by atoms with van der Waals surface area (Å²) >= 11 is 11.8. The number of hydrogen-bond donors (Lipinski definition) is 2. The lowest BCUT2D eigenvalue weighted by atomic mass is 9.87. The molecule has 1 aliphatic rings. The van der Waals surface area contributed by atoms with Gasteiger partial charge in [-0.3, -0.25) is 4.79 Å². The Balaban J connectivity index is 2.23. The molecule has 1 aromatic carbocycles. The Morgan fingerprint density at radius 3 is 2.60 bits per heavy atom. The molecule has 0 bridgehead atoms. The highest BCUT2D eigenvalue weighted by atomic mass is 35.5. The first kappa shape index (κ1) is 15.6. The van der Waals surface area contributed by atoms with E-state index in [-0.39, 0.29) is 5.92 Å². The van der Waals surface area contributed by atoms with Gasteiger partial charge in [-0.25, -0.2) is 0 Å². The average Bonchev–Trinajstić information content (AvgIpc) is 2.85. The fourth-order valence-corrected chi connectivity index (χ4v) is 3.40. The van der Waals surface area contributed by atoms with E-state index >= 15 is 0 Å². The Hall–Kier alpha value is -0.770. The molecule has 1 aliphatic carbocycles. The summed E-state index contributed by atoms with van der Waals surface area (Å²) in [6.07, 6.45) is 1.49. The second-order valence-electron chi connectivity index (χ2n) is 5.47. The molecule has 0 spiro atoms. The summed E-state index contributed by atoms with van der Waals surface area (Å²) in [6, 6.07) is 4.95. The fourth-order valence-electron chi connectivity index (χ4n) is 3.09. The van der Waals surface area contributed by atoms with Crippen LogP contribution in [-0.2, 0) is 4.79 Å². The van der Waals surface area contributed by atoms with E-state index in [2.05, 4.69) is 6.92 Å². The van der Waals surface area contributed by atoms with Crippen molar-refractivity contribution < 1.29 is 15.0 Å². The van der Waals surface area contributed by atoms with Gasteiger partial charge in [0.15, 0.2) is 0 Å². The average molecular weight is 317 g/mol. The molecule has 2 rings (SSSR count). The number of aliphatic hydroxyl groups is 1. The lowest BCUT2D eigenvalue weighted by Crippen LogP contribution is -2.23. The normalized spacial score (nSPS) is 27.5. The van der Waals surface area contributed by atoms with E-state index in [1.165, 1.54) is 0 Å². The largest absolute Gasteiger partial charge is 0.481 e. The van der Waals surface area contributed by atoms with Gasteiger partial charge in [-0.15, -0.1) is 0 Å². The molecule has 20 heavy (non-hydrogen) atoms. The van der Waals surface area contributed by atoms with Gasteiger partial charge in [0.2, 0.25) is 0 Å². The Bertz CT molecular complexity index is 504. The van der Waals surface area contributed by atoms with Crippen LogP contribution in [0.15, 0.2) is 18.2 Å². The van der Waals surface area contributed by atoms with Crippen LogP contribution in [0.3, 0.4) is 0 Å². The minimum Gasteiger partial charge on any atom is -0.481 e. The van der Waals surface area contributed by atoms with Crippen molar-refractivity contribution in [3.05, 3.63) is 33.8 Å². The molecule has 1 aromatic rings. The number of aliphatic hydroxyl groups excluding tert-OH is 1. The zero-order valence-corrected chi connectivity index (χ0v) is 12.7. The van der Waals surface area contributed by atoms with Crippen LogP contribution in [-0.4, -0.2) is 16.2 Å². The van der Waals surface area contributed by atoms with Crippen molar-refractivity contribution in [1.29, 1.82) is 0 Å². The highest BCUT2D eigenvalue weighted by Gasteiger charge is 2.42. The second-order valence-corrected chi connectivity index (χ2v) is 6.29. The SMILES string of the molecule is CCC1CC(C(=O)O)C(C(O)c2ccc(Cl)c(Cl)c2)C1. The minimum absolute atomic E-state index is 0.269. The van der Waals surface area contributed by atoms with E-state index in [4.69, 9.17) is 23.2 Å². The zero-order valence-electron chi connectivity index (χ0n) is 11.2. The second kappa shape index (κ2) is 6.33. The molecule has 0 radical (unpaired) electrons. The van der Waals surface area contributed by atoms with Crippen LogP contribution in [0.2, 0.25) is 10.0 Å². The first-order chi connectivity index (χ1) is 9.43. The Morgan fingerprint density at radius 2 is 2.05 bits per heavy atom. The van der Waals surface area contributed by atoms with Gasteiger partial charge in [-0.2, -0.15) is 0 Å². The van der Waals surface area contributed by atoms with Crippen molar-refractivity contribution in [2.75, 3.05) is 0 Å². The smallest absolute Gasteiger partial charge is 0.306 e. The number of halogens is 2. The maximum absolute atomic E-state index is 11.4. The maximum Gasteiger partial charge on any atom is 0.306 e. The van der Waals surface area contributed by atoms with Crippen LogP contribution in [0, 0.1) is 17.8 Å². The zero-order chi connectivity index (χ0) is 14.9. The van der Waals surface area contributed by atoms with Crippen molar-refractivity contribution in [1.82, 2.24) is 0 Å². The summed E-state index contributed by atoms with van der Waals surface area (Å²) in [6.45, 7) is 2.05. The summed E-state index contributed by atoms with van der Waals surface area (Å²) in [5, 5.41) is 20.6. The molecular weight excluding hydrogens is 299 g/mol. The van der Waals surface area contributed by atoms with E-state index in [9.17, 15) is 15.0 Å². The molecular formula is C15H18Cl2O3. The quantitative estimate of drug-likeness (QED) is 0.876. The fraction of sp³-hybridized carbons (Fsp3) is 0.533. The van der Waals surface area contributed by atoms with E-state index in [1.54, 1.807) is 18.2 Å². The first-order valence-electron chi connectivity index (χ1n) is 6.79. The molecule has 0 saturated heterocycles. The van der Waals surface area contributed by atoms with Crippen LogP contribution < -0.4 is 0 Å². The van der Waals surface area contributed by atoms with Crippen LogP contribution in [0.4, 0.5) is 0 Å². The van der Waals surface area contributed by atoms with E-state index in [0.29, 0.717) is 27.9 Å². The third-order valence-electron chi connectivity index (χ3n) is 4.29. The molecule has 2 N–H and O–H groups in total. The van der Waals surface area contributed by atoms with Crippen molar-refractivity contribution in [3.63, 3.8) is 0 Å². The van der Waals surface area contributed by atoms with Gasteiger partial charge in [-0.1, -0.05) is 42.6 Å². The minimum atomic E-state index is -0.829. The van der Waals surface area contributed by atoms with Gasteiger partial charge in [0, 0.05) is 5.92 Å². The highest BCUT2D eigenvalue weighted by Crippen LogP contribution is 2.45. The third-order valence-corrected chi connectivity index (χ3v) is 5.03. The summed E-state index contributed by atoms with van der Waals surface area (Å²) in [5.41, 5.74) is 0.632. The summed E-state index contributed by atoms with van der Waals surface area (Å²) in [4.78, 5) is 11.4. The molecule has 4 atom stereocenters. The Kier molecular flexibility index (Phi) is 4.95. The van der Waals surface area contributed by atoms with Gasteiger partial charge in [-0.05, 0) is 36.5 Å². The van der Waals surface area contributed by atoms with Gasteiger partial charge < -0.3 is 10.2 Å². The van der Waals surface area contributed by atoms with Crippen LogP contribution in [0.1, 0.15) is 37.9 Å². The monoisotopic (exact) mass is 316 g/mol. The van der Waals surface area contributed by atoms with Crippen molar-refractivity contribution in [3.8, 4) is 0 Å². The molecule has 0 aromatic heterocycles. The van der Waals surface area contributed by atoms with Gasteiger partial charge in [0.05, 0.1) is 22.1 Å². The molecule has 0 heterocycles. The van der Waals surface area contributed by atoms with Gasteiger partial charge >= 0.3 is 5.97 Å². The number of carboxylic acid groups (broad SMARTS) is 1. The molecule has 1 fully saturated rings. The number of benzene rings is 1. The number of rotatable bonds is 4. The standard InChI is InChI=1S/C15H18Cl2O3/c1-2-8-5-10(11(6-8)15(19)20)14(18)9-3-4-12(16)13(17)7-9/h3-4,7-8,10-11,14,18H,2,5-6H2,1H3,(H,19,20). The molecule has 5 heteroatoms. The van der Waals surface area contributed by atoms with Gasteiger partial charge in [0.1, 0.15) is 0 Å². The number of carbonyl (C=O) groups is 1. The molecule has 110 valence electrons. The van der Waals surface area contributed by atoms with E-state index < -0.39 is 18.0 Å². The van der Waals surface area contributed by atoms with E-state index in [0.717, 1.165) is 12.8 Å². The molecule has 0 aliphatic heterocycles. The number of hydrogen-bond acceptors (Lipinski definition) is 2. The summed E-state index contributed by atoms with van der Waals surface area (Å²) in [5.74, 6) is -1.23. The van der Waals surface area contributed by atoms with E-state index in [1.807, 2.05) is 0 Å². The molecule has 4 unspecified atom stereocenters. The van der Waals surface area contributed by atoms with Gasteiger partial charge in [0.25, 0.3) is 0 Å². The Morgan fingerprint density at radius 1 is 1.35 bits per heavy atom. The van der Waals surface area contributed by atoms with Crippen LogP contribution >= 0.6 is 23.2 Å². The molecule has 1 saturated carbocycles. The predicted molar refractivity (Wildman–Crippen MR) is 79.1 cm³/mol.